The fraction of sp³-hybridized carbons (Fsp3) is 0.684. The summed E-state index contributed by atoms with van der Waals surface area (Å²) in [6.45, 7) is 8.06. The molecule has 0 saturated carbocycles. The molecule has 0 spiro atoms. The molecule has 0 fully saturated rings. The standard InChI is InChI=1S/C17H30N.C2H7O3P/c1-7-8-11-14-17(2,3)15-12-9-10-13-16(15)18(4,5)6;1-5-6(2,3)4/h9-10,12-13H,7-8,11,14H2,1-6H3;1-2H3,(H,3,4)/q+1;/p-1. The Bertz CT molecular complexity index is 530. The second-order valence-electron chi connectivity index (χ2n) is 7.82. The van der Waals surface area contributed by atoms with Gasteiger partial charge in [0.1, 0.15) is 13.3 Å². The van der Waals surface area contributed by atoms with Crippen molar-refractivity contribution in [2.45, 2.75) is 51.9 Å². The summed E-state index contributed by atoms with van der Waals surface area (Å²) in [5.41, 5.74) is 3.23. The minimum Gasteiger partial charge on any atom is -0.779 e. The molecule has 24 heavy (non-hydrogen) atoms. The van der Waals surface area contributed by atoms with Crippen LogP contribution in [0.4, 0.5) is 5.69 Å². The zero-order valence-corrected chi connectivity index (χ0v) is 17.7. The van der Waals surface area contributed by atoms with Crippen LogP contribution in [-0.2, 0) is 14.5 Å². The number of hydrogen-bond donors (Lipinski definition) is 0. The third-order valence-electron chi connectivity index (χ3n) is 4.09. The minimum atomic E-state index is -3.40. The molecule has 0 N–H and O–H groups in total. The largest absolute Gasteiger partial charge is 0.779 e. The molecule has 0 bridgehead atoms. The number of benzene rings is 1. The number of rotatable bonds is 7. The molecule has 1 aromatic carbocycles. The molecule has 0 aliphatic carbocycles. The summed E-state index contributed by atoms with van der Waals surface area (Å²) < 4.78 is 14.6. The van der Waals surface area contributed by atoms with E-state index in [4.69, 9.17) is 0 Å². The molecule has 0 aliphatic rings. The number of quaternary nitrogens is 1. The maximum absolute atomic E-state index is 9.81. The highest BCUT2D eigenvalue weighted by molar-refractivity contribution is 7.50. The van der Waals surface area contributed by atoms with Crippen LogP contribution in [0.5, 0.6) is 0 Å². The summed E-state index contributed by atoms with van der Waals surface area (Å²) in [6, 6.07) is 8.92. The molecule has 1 rings (SSSR count). The van der Waals surface area contributed by atoms with Crippen molar-refractivity contribution in [3.8, 4) is 0 Å². The third kappa shape index (κ3) is 8.98. The predicted molar refractivity (Wildman–Crippen MR) is 104 cm³/mol. The van der Waals surface area contributed by atoms with Crippen molar-refractivity contribution in [3.05, 3.63) is 29.8 Å². The molecule has 0 radical (unpaired) electrons. The van der Waals surface area contributed by atoms with E-state index in [2.05, 4.69) is 70.7 Å². The number of hydrogen-bond acceptors (Lipinski definition) is 3. The lowest BCUT2D eigenvalue weighted by atomic mass is 9.78. The van der Waals surface area contributed by atoms with Gasteiger partial charge in [-0.2, -0.15) is 0 Å². The lowest BCUT2D eigenvalue weighted by Crippen LogP contribution is -2.37. The smallest absolute Gasteiger partial charge is 0.135 e. The second kappa shape index (κ2) is 9.72. The summed E-state index contributed by atoms with van der Waals surface area (Å²) in [7, 11) is 4.49. The highest BCUT2D eigenvalue weighted by Crippen LogP contribution is 2.36. The molecule has 0 amide bonds. The average Bonchev–Trinajstić information content (AvgIpc) is 2.46. The van der Waals surface area contributed by atoms with E-state index in [1.54, 1.807) is 0 Å². The SMILES string of the molecule is CCCCCC(C)(C)c1ccccc1[N+](C)(C)C.COP(C)(=O)[O-]. The molecule has 1 aromatic rings. The van der Waals surface area contributed by atoms with Crippen LogP contribution in [0.25, 0.3) is 0 Å². The molecule has 0 aliphatic heterocycles. The molecule has 1 unspecified atom stereocenters. The van der Waals surface area contributed by atoms with Gasteiger partial charge in [-0.05, 0) is 17.9 Å². The van der Waals surface area contributed by atoms with Gasteiger partial charge in [-0.25, -0.2) is 0 Å². The summed E-state index contributed by atoms with van der Waals surface area (Å²) >= 11 is 0. The summed E-state index contributed by atoms with van der Waals surface area (Å²) in [5.74, 6) is 0. The van der Waals surface area contributed by atoms with Gasteiger partial charge in [0.15, 0.2) is 0 Å². The zero-order valence-electron chi connectivity index (χ0n) is 16.8. The first-order valence-corrected chi connectivity index (χ1v) is 10.6. The van der Waals surface area contributed by atoms with Crippen molar-refractivity contribution < 1.29 is 14.0 Å². The van der Waals surface area contributed by atoms with Crippen LogP contribution < -0.4 is 9.38 Å². The van der Waals surface area contributed by atoms with Crippen LogP contribution in [0.1, 0.15) is 52.0 Å². The van der Waals surface area contributed by atoms with Gasteiger partial charge in [0.25, 0.3) is 0 Å². The van der Waals surface area contributed by atoms with Gasteiger partial charge in [-0.15, -0.1) is 0 Å². The monoisotopic (exact) mass is 357 g/mol. The molecular formula is C19H36NO3P. The van der Waals surface area contributed by atoms with Crippen LogP contribution >= 0.6 is 7.60 Å². The zero-order chi connectivity index (χ0) is 19.0. The van der Waals surface area contributed by atoms with E-state index in [0.29, 0.717) is 0 Å². The highest BCUT2D eigenvalue weighted by atomic mass is 31.2. The topological polar surface area (TPSA) is 49.4 Å². The molecule has 0 aromatic heterocycles. The molecule has 5 heteroatoms. The van der Waals surface area contributed by atoms with Crippen LogP contribution in [0.2, 0.25) is 0 Å². The van der Waals surface area contributed by atoms with Crippen molar-refractivity contribution in [1.82, 2.24) is 4.48 Å². The Morgan fingerprint density at radius 3 is 2.08 bits per heavy atom. The molecule has 1 atom stereocenters. The third-order valence-corrected chi connectivity index (χ3v) is 4.76. The maximum atomic E-state index is 9.81. The normalized spacial score (nSPS) is 14.5. The molecular weight excluding hydrogens is 321 g/mol. The second-order valence-corrected chi connectivity index (χ2v) is 9.73. The van der Waals surface area contributed by atoms with Gasteiger partial charge >= 0.3 is 0 Å². The number of nitrogens with zero attached hydrogens (tertiary/aromatic N) is 1. The Balaban J connectivity index is 0.000000754. The van der Waals surface area contributed by atoms with Gasteiger partial charge in [-0.3, -0.25) is 4.48 Å². The van der Waals surface area contributed by atoms with Crippen molar-refractivity contribution in [1.29, 1.82) is 0 Å². The first kappa shape index (κ1) is 23.3. The van der Waals surface area contributed by atoms with E-state index in [1.807, 2.05) is 0 Å². The number of para-hydroxylation sites is 1. The molecule has 0 heterocycles. The summed E-state index contributed by atoms with van der Waals surface area (Å²) in [4.78, 5) is 9.81. The average molecular weight is 357 g/mol. The molecule has 4 nitrogen and oxygen atoms in total. The Morgan fingerprint density at radius 1 is 1.17 bits per heavy atom. The molecule has 0 saturated heterocycles. The van der Waals surface area contributed by atoms with Crippen LogP contribution in [0.3, 0.4) is 0 Å². The first-order valence-electron chi connectivity index (χ1n) is 8.61. The van der Waals surface area contributed by atoms with Crippen molar-refractivity contribution >= 4 is 13.3 Å². The Kier molecular flexibility index (Phi) is 9.45. The van der Waals surface area contributed by atoms with Crippen LogP contribution in [0.15, 0.2) is 24.3 Å². The van der Waals surface area contributed by atoms with E-state index in [9.17, 15) is 9.46 Å². The lowest BCUT2D eigenvalue weighted by molar-refractivity contribution is -0.194. The lowest BCUT2D eigenvalue weighted by Gasteiger charge is -2.33. The van der Waals surface area contributed by atoms with E-state index in [1.165, 1.54) is 36.9 Å². The van der Waals surface area contributed by atoms with Crippen molar-refractivity contribution in [2.75, 3.05) is 34.9 Å². The number of unbranched alkanes of at least 4 members (excludes halogenated alkanes) is 2. The maximum Gasteiger partial charge on any atom is 0.135 e. The summed E-state index contributed by atoms with van der Waals surface area (Å²) in [5, 5.41) is 0. The van der Waals surface area contributed by atoms with E-state index in [-0.39, 0.29) is 5.41 Å². The minimum absolute atomic E-state index is 0.275. The predicted octanol–water partition coefficient (Wildman–Crippen LogP) is 4.56. The summed E-state index contributed by atoms with van der Waals surface area (Å²) in [6.07, 6.45) is 5.25. The van der Waals surface area contributed by atoms with Crippen molar-refractivity contribution in [2.24, 2.45) is 0 Å². The Labute approximate surface area is 149 Å². The fourth-order valence-electron chi connectivity index (χ4n) is 2.58. The van der Waals surface area contributed by atoms with Crippen LogP contribution in [-0.4, -0.2) is 34.9 Å². The molecule has 140 valence electrons. The van der Waals surface area contributed by atoms with Crippen LogP contribution in [0, 0.1) is 0 Å². The Hall–Kier alpha value is -0.670. The van der Waals surface area contributed by atoms with Gasteiger partial charge in [0, 0.05) is 19.3 Å². The van der Waals surface area contributed by atoms with Gasteiger partial charge < -0.3 is 14.0 Å². The van der Waals surface area contributed by atoms with E-state index >= 15 is 0 Å². The van der Waals surface area contributed by atoms with Gasteiger partial charge in [0.2, 0.25) is 0 Å². The van der Waals surface area contributed by atoms with Gasteiger partial charge in [-0.1, -0.05) is 58.2 Å². The van der Waals surface area contributed by atoms with Crippen molar-refractivity contribution in [3.63, 3.8) is 0 Å². The first-order chi connectivity index (χ1) is 10.8. The highest BCUT2D eigenvalue weighted by Gasteiger charge is 2.28. The van der Waals surface area contributed by atoms with E-state index < -0.39 is 7.60 Å². The quantitative estimate of drug-likeness (QED) is 0.408. The Morgan fingerprint density at radius 2 is 1.67 bits per heavy atom. The van der Waals surface area contributed by atoms with Gasteiger partial charge in [0.05, 0.1) is 21.1 Å². The fourth-order valence-corrected chi connectivity index (χ4v) is 2.58. The van der Waals surface area contributed by atoms with E-state index in [0.717, 1.165) is 18.3 Å².